The summed E-state index contributed by atoms with van der Waals surface area (Å²) < 4.78 is 10.9. The van der Waals surface area contributed by atoms with Crippen LogP contribution in [0.25, 0.3) is 0 Å². The molecule has 1 fully saturated rings. The molecule has 0 spiro atoms. The van der Waals surface area contributed by atoms with Crippen molar-refractivity contribution in [2.75, 3.05) is 13.2 Å². The van der Waals surface area contributed by atoms with Crippen LogP contribution in [0.2, 0.25) is 0 Å². The zero-order valence-electron chi connectivity index (χ0n) is 12.0. The number of aliphatic hydroxyl groups is 3. The Morgan fingerprint density at radius 2 is 2.00 bits per heavy atom. The molecule has 1 rings (SSSR count). The van der Waals surface area contributed by atoms with Crippen LogP contribution in [0.5, 0.6) is 0 Å². The summed E-state index contributed by atoms with van der Waals surface area (Å²) in [4.78, 5) is 11.2. The molecule has 0 aromatic rings. The van der Waals surface area contributed by atoms with Crippen LogP contribution in [0.3, 0.4) is 0 Å². The van der Waals surface area contributed by atoms with E-state index in [2.05, 4.69) is 12.2 Å². The molecular weight excluding hydrogens is 266 g/mol. The van der Waals surface area contributed by atoms with Crippen LogP contribution in [-0.2, 0) is 14.3 Å². The van der Waals surface area contributed by atoms with Crippen LogP contribution in [0.15, 0.2) is 0 Å². The van der Waals surface area contributed by atoms with E-state index in [4.69, 9.17) is 14.6 Å². The van der Waals surface area contributed by atoms with Gasteiger partial charge in [-0.05, 0) is 6.42 Å². The van der Waals surface area contributed by atoms with Crippen LogP contribution in [-0.4, -0.2) is 65.1 Å². The molecule has 118 valence electrons. The summed E-state index contributed by atoms with van der Waals surface area (Å²) in [6.45, 7) is 3.37. The molecule has 0 unspecified atom stereocenters. The molecule has 0 aromatic heterocycles. The summed E-state index contributed by atoms with van der Waals surface area (Å²) in [6.07, 6.45) is -1.44. The van der Waals surface area contributed by atoms with E-state index in [1.165, 1.54) is 6.92 Å². The van der Waals surface area contributed by atoms with Gasteiger partial charge < -0.3 is 30.1 Å². The molecule has 5 atom stereocenters. The number of carbonyl (C=O) groups is 1. The van der Waals surface area contributed by atoms with Crippen LogP contribution < -0.4 is 5.32 Å². The number of unbranched alkanes of at least 4 members (excludes halogenated alkanes) is 2. The number of rotatable bonds is 7. The van der Waals surface area contributed by atoms with E-state index in [1.807, 2.05) is 0 Å². The molecule has 1 heterocycles. The van der Waals surface area contributed by atoms with E-state index in [1.54, 1.807) is 0 Å². The molecule has 1 aliphatic rings. The quantitative estimate of drug-likeness (QED) is 0.454. The number of hydrogen-bond acceptors (Lipinski definition) is 6. The summed E-state index contributed by atoms with van der Waals surface area (Å²) in [7, 11) is 0. The maximum Gasteiger partial charge on any atom is 0.217 e. The molecule has 0 aliphatic carbocycles. The largest absolute Gasteiger partial charge is 0.394 e. The lowest BCUT2D eigenvalue weighted by atomic mass is 9.97. The maximum atomic E-state index is 11.2. The minimum atomic E-state index is -1.27. The molecule has 7 heteroatoms. The van der Waals surface area contributed by atoms with Crippen molar-refractivity contribution >= 4 is 5.91 Å². The van der Waals surface area contributed by atoms with Gasteiger partial charge in [0.15, 0.2) is 6.29 Å². The van der Waals surface area contributed by atoms with Crippen LogP contribution >= 0.6 is 0 Å². The average molecular weight is 291 g/mol. The molecule has 0 aromatic carbocycles. The molecule has 7 nitrogen and oxygen atoms in total. The summed E-state index contributed by atoms with van der Waals surface area (Å²) in [5.74, 6) is -0.352. The Hall–Kier alpha value is -0.730. The van der Waals surface area contributed by atoms with E-state index in [0.29, 0.717) is 6.61 Å². The second-order valence-corrected chi connectivity index (χ2v) is 5.01. The summed E-state index contributed by atoms with van der Waals surface area (Å²) in [6, 6.07) is -0.855. The number of amides is 1. The predicted octanol–water partition coefficient (Wildman–Crippen LogP) is -0.863. The highest BCUT2D eigenvalue weighted by molar-refractivity contribution is 5.73. The van der Waals surface area contributed by atoms with E-state index in [0.717, 1.165) is 19.3 Å². The van der Waals surface area contributed by atoms with Crippen LogP contribution in [0, 0.1) is 0 Å². The minimum absolute atomic E-state index is 0.352. The standard InChI is InChI=1S/C13H25NO6/c1-3-4-5-6-19-13-10(14-8(2)16)12(18)11(17)9(7-15)20-13/h9-13,15,17-18H,3-7H2,1-2H3,(H,14,16)/t9-,10-,11-,12-,13+/m1/s1. The highest BCUT2D eigenvalue weighted by atomic mass is 16.7. The Bertz CT molecular complexity index is 301. The maximum absolute atomic E-state index is 11.2. The molecule has 1 saturated heterocycles. The molecule has 4 N–H and O–H groups in total. The number of aliphatic hydroxyl groups excluding tert-OH is 3. The Morgan fingerprint density at radius 3 is 2.55 bits per heavy atom. The second-order valence-electron chi connectivity index (χ2n) is 5.01. The lowest BCUT2D eigenvalue weighted by Gasteiger charge is -2.42. The van der Waals surface area contributed by atoms with Crippen molar-refractivity contribution in [2.45, 2.75) is 63.8 Å². The fourth-order valence-corrected chi connectivity index (χ4v) is 2.16. The van der Waals surface area contributed by atoms with Crippen molar-refractivity contribution in [1.29, 1.82) is 0 Å². The van der Waals surface area contributed by atoms with Crippen LogP contribution in [0.1, 0.15) is 33.1 Å². The van der Waals surface area contributed by atoms with Crippen molar-refractivity contribution in [2.24, 2.45) is 0 Å². The first-order valence-corrected chi connectivity index (χ1v) is 7.02. The van der Waals surface area contributed by atoms with Gasteiger partial charge in [0, 0.05) is 13.5 Å². The van der Waals surface area contributed by atoms with E-state index in [9.17, 15) is 15.0 Å². The molecule has 0 radical (unpaired) electrons. The Balaban J connectivity index is 2.65. The first-order chi connectivity index (χ1) is 9.51. The fourth-order valence-electron chi connectivity index (χ4n) is 2.16. The number of carbonyl (C=O) groups excluding carboxylic acids is 1. The van der Waals surface area contributed by atoms with Gasteiger partial charge in [-0.2, -0.15) is 0 Å². The SMILES string of the molecule is CCCCCO[C@H]1O[C@H](CO)[C@@H](O)[C@H](O)[C@H]1NC(C)=O. The molecule has 1 aliphatic heterocycles. The third kappa shape index (κ3) is 4.68. The van der Waals surface area contributed by atoms with Gasteiger partial charge in [-0.1, -0.05) is 19.8 Å². The lowest BCUT2D eigenvalue weighted by molar-refractivity contribution is -0.270. The van der Waals surface area contributed by atoms with Gasteiger partial charge in [-0.15, -0.1) is 0 Å². The van der Waals surface area contributed by atoms with Gasteiger partial charge >= 0.3 is 0 Å². The van der Waals surface area contributed by atoms with Crippen molar-refractivity contribution in [3.8, 4) is 0 Å². The Morgan fingerprint density at radius 1 is 1.30 bits per heavy atom. The number of nitrogens with one attached hydrogen (secondary N) is 1. The number of hydrogen-bond donors (Lipinski definition) is 4. The molecule has 0 bridgehead atoms. The molecular formula is C13H25NO6. The summed E-state index contributed by atoms with van der Waals surface area (Å²) in [5, 5.41) is 31.5. The third-order valence-corrected chi connectivity index (χ3v) is 3.28. The topological polar surface area (TPSA) is 108 Å². The third-order valence-electron chi connectivity index (χ3n) is 3.28. The van der Waals surface area contributed by atoms with E-state index in [-0.39, 0.29) is 5.91 Å². The van der Waals surface area contributed by atoms with Crippen molar-refractivity contribution < 1.29 is 29.6 Å². The van der Waals surface area contributed by atoms with Gasteiger partial charge in [0.25, 0.3) is 0 Å². The van der Waals surface area contributed by atoms with Crippen molar-refractivity contribution in [3.05, 3.63) is 0 Å². The van der Waals surface area contributed by atoms with Crippen LogP contribution in [0.4, 0.5) is 0 Å². The average Bonchev–Trinajstić information content (AvgIpc) is 2.41. The van der Waals surface area contributed by atoms with Gasteiger partial charge in [0.1, 0.15) is 24.4 Å². The van der Waals surface area contributed by atoms with E-state index < -0.39 is 37.3 Å². The molecule has 20 heavy (non-hydrogen) atoms. The van der Waals surface area contributed by atoms with Gasteiger partial charge in [-0.25, -0.2) is 0 Å². The normalized spacial score (nSPS) is 34.0. The van der Waals surface area contributed by atoms with Gasteiger partial charge in [0.05, 0.1) is 6.61 Å². The monoisotopic (exact) mass is 291 g/mol. The minimum Gasteiger partial charge on any atom is -0.394 e. The number of ether oxygens (including phenoxy) is 2. The van der Waals surface area contributed by atoms with Crippen molar-refractivity contribution in [3.63, 3.8) is 0 Å². The fraction of sp³-hybridized carbons (Fsp3) is 0.923. The smallest absolute Gasteiger partial charge is 0.217 e. The zero-order valence-corrected chi connectivity index (χ0v) is 12.0. The zero-order chi connectivity index (χ0) is 15.1. The van der Waals surface area contributed by atoms with Gasteiger partial charge in [-0.3, -0.25) is 4.79 Å². The molecule has 0 saturated carbocycles. The lowest BCUT2D eigenvalue weighted by Crippen LogP contribution is -2.64. The Labute approximate surface area is 118 Å². The Kier molecular flexibility index (Phi) is 7.39. The summed E-state index contributed by atoms with van der Waals surface area (Å²) >= 11 is 0. The second kappa shape index (κ2) is 8.53. The first kappa shape index (κ1) is 17.3. The molecule has 1 amide bonds. The summed E-state index contributed by atoms with van der Waals surface area (Å²) in [5.41, 5.74) is 0. The predicted molar refractivity (Wildman–Crippen MR) is 70.8 cm³/mol. The van der Waals surface area contributed by atoms with Gasteiger partial charge in [0.2, 0.25) is 5.91 Å². The highest BCUT2D eigenvalue weighted by Crippen LogP contribution is 2.22. The van der Waals surface area contributed by atoms with E-state index >= 15 is 0 Å². The first-order valence-electron chi connectivity index (χ1n) is 7.02. The highest BCUT2D eigenvalue weighted by Gasteiger charge is 2.45. The van der Waals surface area contributed by atoms with Crippen molar-refractivity contribution in [1.82, 2.24) is 5.32 Å².